The number of nitrogens with zero attached hydrogens (tertiary/aromatic N) is 1. The Bertz CT molecular complexity index is 716. The van der Waals surface area contributed by atoms with E-state index in [4.69, 9.17) is 32.7 Å². The van der Waals surface area contributed by atoms with Crippen molar-refractivity contribution >= 4 is 41.0 Å². The van der Waals surface area contributed by atoms with E-state index in [1.165, 1.54) is 0 Å². The number of carboxylic acid groups (broad SMARTS) is 1. The van der Waals surface area contributed by atoms with Gasteiger partial charge >= 0.3 is 12.1 Å². The highest BCUT2D eigenvalue weighted by molar-refractivity contribution is 6.18. The van der Waals surface area contributed by atoms with Gasteiger partial charge in [-0.2, -0.15) is 0 Å². The Morgan fingerprint density at radius 3 is 2.26 bits per heavy atom. The lowest BCUT2D eigenvalue weighted by Crippen LogP contribution is -2.41. The first kappa shape index (κ1) is 27.2. The quantitative estimate of drug-likeness (QED) is 0.426. The molecule has 9 heteroatoms. The van der Waals surface area contributed by atoms with Crippen molar-refractivity contribution in [3.63, 3.8) is 0 Å². The number of nitrogens with one attached hydrogen (secondary N) is 1. The number of ether oxygens (including phenoxy) is 2. The molecule has 1 aromatic carbocycles. The van der Waals surface area contributed by atoms with Crippen LogP contribution in [0.25, 0.3) is 0 Å². The molecule has 0 spiro atoms. The lowest BCUT2D eigenvalue weighted by Gasteiger charge is -2.26. The maximum atomic E-state index is 12.3. The summed E-state index contributed by atoms with van der Waals surface area (Å²) in [6.07, 6.45) is -0.718. The van der Waals surface area contributed by atoms with Gasteiger partial charge < -0.3 is 24.8 Å². The Hall–Kier alpha value is -1.86. The van der Waals surface area contributed by atoms with E-state index in [9.17, 15) is 14.7 Å². The molecule has 7 nitrogen and oxygen atoms in total. The lowest BCUT2D eigenvalue weighted by atomic mass is 10.0. The topological polar surface area (TPSA) is 88.1 Å². The van der Waals surface area contributed by atoms with Gasteiger partial charge in [0, 0.05) is 36.6 Å². The largest absolute Gasteiger partial charge is 0.491 e. The molecule has 2 N–H and O–H groups in total. The van der Waals surface area contributed by atoms with E-state index in [0.29, 0.717) is 30.6 Å². The molecular weight excluding hydrogens is 443 g/mol. The number of anilines is 1. The number of alkyl carbamates (subject to hydrolysis) is 1. The minimum Gasteiger partial charge on any atom is -0.491 e. The molecule has 0 aliphatic heterocycles. The Balaban J connectivity index is 3.21. The molecule has 31 heavy (non-hydrogen) atoms. The standard InChI is InChI=1S/C22H34Cl2N2O5/c1-15(2)30-19-7-6-18(26(10-8-23)11-9-24)13-16(19)12-17(14-20(27)28)25-21(29)31-22(3,4)5/h6-7,13,15,17H,8-12,14H2,1-5H3,(H,25,29)(H,27,28)/t17-/m0/s1. The number of aliphatic carboxylic acids is 1. The molecule has 1 aromatic rings. The van der Waals surface area contributed by atoms with Crippen molar-refractivity contribution < 1.29 is 24.2 Å². The number of carboxylic acids is 1. The second-order valence-electron chi connectivity index (χ2n) is 8.47. The van der Waals surface area contributed by atoms with Crippen molar-refractivity contribution in [3.05, 3.63) is 23.8 Å². The molecule has 0 aromatic heterocycles. The molecule has 0 fully saturated rings. The van der Waals surface area contributed by atoms with Crippen LogP contribution < -0.4 is 15.0 Å². The van der Waals surface area contributed by atoms with Crippen LogP contribution in [0.5, 0.6) is 5.75 Å². The van der Waals surface area contributed by atoms with Crippen LogP contribution >= 0.6 is 23.2 Å². The summed E-state index contributed by atoms with van der Waals surface area (Å²) in [5, 5.41) is 12.0. The second-order valence-corrected chi connectivity index (χ2v) is 9.22. The van der Waals surface area contributed by atoms with Gasteiger partial charge in [-0.1, -0.05) is 0 Å². The molecule has 1 amide bonds. The number of carbonyl (C=O) groups excluding carboxylic acids is 1. The number of hydrogen-bond donors (Lipinski definition) is 2. The molecule has 1 rings (SSSR count). The third-order valence-corrected chi connectivity index (χ3v) is 4.43. The first-order valence-corrected chi connectivity index (χ1v) is 11.4. The monoisotopic (exact) mass is 476 g/mol. The minimum atomic E-state index is -1.02. The molecule has 0 aliphatic rings. The summed E-state index contributed by atoms with van der Waals surface area (Å²) in [6, 6.07) is 5.04. The van der Waals surface area contributed by atoms with Crippen LogP contribution in [-0.2, 0) is 16.0 Å². The Kier molecular flexibility index (Phi) is 11.3. The summed E-state index contributed by atoms with van der Waals surface area (Å²) in [7, 11) is 0. The van der Waals surface area contributed by atoms with Gasteiger partial charge in [0.25, 0.3) is 0 Å². The molecule has 0 aliphatic carbocycles. The highest BCUT2D eigenvalue weighted by atomic mass is 35.5. The first-order chi connectivity index (χ1) is 14.4. The fourth-order valence-electron chi connectivity index (χ4n) is 2.99. The Labute approximate surface area is 195 Å². The zero-order valence-corrected chi connectivity index (χ0v) is 20.4. The van der Waals surface area contributed by atoms with E-state index >= 15 is 0 Å². The third kappa shape index (κ3) is 10.8. The van der Waals surface area contributed by atoms with Crippen molar-refractivity contribution in [2.45, 2.75) is 65.2 Å². The highest BCUT2D eigenvalue weighted by Gasteiger charge is 2.23. The molecule has 0 saturated heterocycles. The van der Waals surface area contributed by atoms with Crippen LogP contribution in [0.15, 0.2) is 18.2 Å². The summed E-state index contributed by atoms with van der Waals surface area (Å²) in [4.78, 5) is 25.7. The predicted octanol–water partition coefficient (Wildman–Crippen LogP) is 4.67. The number of hydrogen-bond acceptors (Lipinski definition) is 5. The van der Waals surface area contributed by atoms with Gasteiger partial charge in [0.05, 0.1) is 12.5 Å². The van der Waals surface area contributed by atoms with E-state index in [0.717, 1.165) is 11.3 Å². The van der Waals surface area contributed by atoms with E-state index in [1.807, 2.05) is 32.0 Å². The summed E-state index contributed by atoms with van der Waals surface area (Å²) >= 11 is 11.9. The molecule has 0 heterocycles. The van der Waals surface area contributed by atoms with Crippen LogP contribution in [0.4, 0.5) is 10.5 Å². The second kappa shape index (κ2) is 12.9. The number of benzene rings is 1. The van der Waals surface area contributed by atoms with Gasteiger partial charge in [-0.3, -0.25) is 4.79 Å². The van der Waals surface area contributed by atoms with Crippen LogP contribution in [-0.4, -0.2) is 59.8 Å². The summed E-state index contributed by atoms with van der Waals surface area (Å²) in [5.41, 5.74) is 0.995. The zero-order chi connectivity index (χ0) is 23.6. The molecule has 0 unspecified atom stereocenters. The maximum absolute atomic E-state index is 12.3. The van der Waals surface area contributed by atoms with Crippen molar-refractivity contribution in [2.24, 2.45) is 0 Å². The number of carbonyl (C=O) groups is 2. The average Bonchev–Trinajstić information content (AvgIpc) is 2.60. The predicted molar refractivity (Wildman–Crippen MR) is 125 cm³/mol. The number of rotatable bonds is 12. The van der Waals surface area contributed by atoms with Gasteiger partial charge in [-0.05, 0) is 64.8 Å². The first-order valence-electron chi connectivity index (χ1n) is 10.3. The zero-order valence-electron chi connectivity index (χ0n) is 18.9. The van der Waals surface area contributed by atoms with E-state index in [1.54, 1.807) is 20.8 Å². The Morgan fingerprint density at radius 1 is 1.16 bits per heavy atom. The van der Waals surface area contributed by atoms with Gasteiger partial charge in [0.15, 0.2) is 0 Å². The van der Waals surface area contributed by atoms with Crippen molar-refractivity contribution in [1.29, 1.82) is 0 Å². The normalized spacial score (nSPS) is 12.4. The van der Waals surface area contributed by atoms with E-state index in [2.05, 4.69) is 10.2 Å². The molecular formula is C22H34Cl2N2O5. The lowest BCUT2D eigenvalue weighted by molar-refractivity contribution is -0.137. The van der Waals surface area contributed by atoms with Crippen molar-refractivity contribution in [2.75, 3.05) is 29.7 Å². The number of amides is 1. The van der Waals surface area contributed by atoms with E-state index in [-0.39, 0.29) is 18.9 Å². The Morgan fingerprint density at radius 2 is 1.77 bits per heavy atom. The minimum absolute atomic E-state index is 0.0666. The number of alkyl halides is 2. The van der Waals surface area contributed by atoms with Crippen LogP contribution in [0, 0.1) is 0 Å². The number of halogens is 2. The smallest absolute Gasteiger partial charge is 0.407 e. The van der Waals surface area contributed by atoms with Gasteiger partial charge in [-0.15, -0.1) is 23.2 Å². The van der Waals surface area contributed by atoms with Crippen LogP contribution in [0.2, 0.25) is 0 Å². The highest BCUT2D eigenvalue weighted by Crippen LogP contribution is 2.28. The maximum Gasteiger partial charge on any atom is 0.407 e. The van der Waals surface area contributed by atoms with E-state index < -0.39 is 23.7 Å². The van der Waals surface area contributed by atoms with Crippen LogP contribution in [0.1, 0.15) is 46.6 Å². The fraction of sp³-hybridized carbons (Fsp3) is 0.636. The third-order valence-electron chi connectivity index (χ3n) is 4.09. The SMILES string of the molecule is CC(C)Oc1ccc(N(CCCl)CCCl)cc1C[C@@H](CC(=O)O)NC(=O)OC(C)(C)C. The summed E-state index contributed by atoms with van der Waals surface area (Å²) in [6.45, 7) is 10.3. The molecule has 1 atom stereocenters. The molecule has 0 radical (unpaired) electrons. The molecule has 0 saturated carbocycles. The van der Waals surface area contributed by atoms with Gasteiger partial charge in [0.1, 0.15) is 11.4 Å². The summed E-state index contributed by atoms with van der Waals surface area (Å²) in [5.74, 6) is 0.502. The van der Waals surface area contributed by atoms with Crippen molar-refractivity contribution in [3.8, 4) is 5.75 Å². The molecule has 176 valence electrons. The van der Waals surface area contributed by atoms with Gasteiger partial charge in [-0.25, -0.2) is 4.79 Å². The fourth-order valence-corrected chi connectivity index (χ4v) is 3.40. The average molecular weight is 477 g/mol. The molecule has 0 bridgehead atoms. The van der Waals surface area contributed by atoms with Gasteiger partial charge in [0.2, 0.25) is 0 Å². The van der Waals surface area contributed by atoms with Crippen molar-refractivity contribution in [1.82, 2.24) is 5.32 Å². The van der Waals surface area contributed by atoms with Crippen LogP contribution in [0.3, 0.4) is 0 Å². The summed E-state index contributed by atoms with van der Waals surface area (Å²) < 4.78 is 11.2.